The first-order valence-corrected chi connectivity index (χ1v) is 7.61. The summed E-state index contributed by atoms with van der Waals surface area (Å²) in [5, 5.41) is 6.52. The normalized spacial score (nSPS) is 10.4. The number of amides is 1. The predicted molar refractivity (Wildman–Crippen MR) is 90.3 cm³/mol. The Labute approximate surface area is 140 Å². The van der Waals surface area contributed by atoms with Gasteiger partial charge in [-0.25, -0.2) is 9.97 Å². The number of carbonyl (C=O) groups excluding carboxylic acids is 1. The summed E-state index contributed by atoms with van der Waals surface area (Å²) in [6.07, 6.45) is 0.752. The number of anilines is 2. The van der Waals surface area contributed by atoms with Crippen LogP contribution in [0.5, 0.6) is 0 Å². The van der Waals surface area contributed by atoms with Crippen LogP contribution >= 0.6 is 11.6 Å². The molecule has 0 aliphatic carbocycles. The second kappa shape index (κ2) is 8.45. The molecule has 2 N–H and O–H groups in total. The molecular formula is C16H19ClN4O2. The van der Waals surface area contributed by atoms with Gasteiger partial charge < -0.3 is 15.4 Å². The summed E-state index contributed by atoms with van der Waals surface area (Å²) < 4.78 is 4.95. The molecule has 1 aromatic carbocycles. The molecule has 1 aromatic heterocycles. The second-order valence-electron chi connectivity index (χ2n) is 4.95. The fourth-order valence-corrected chi connectivity index (χ4v) is 2.04. The van der Waals surface area contributed by atoms with Gasteiger partial charge >= 0.3 is 0 Å². The lowest BCUT2D eigenvalue weighted by Crippen LogP contribution is -2.26. The molecule has 0 fully saturated rings. The molecule has 0 aliphatic rings. The van der Waals surface area contributed by atoms with Crippen molar-refractivity contribution in [3.8, 4) is 0 Å². The maximum Gasteiger partial charge on any atom is 0.270 e. The maximum atomic E-state index is 12.1. The van der Waals surface area contributed by atoms with E-state index in [1.807, 2.05) is 19.1 Å². The Balaban J connectivity index is 2.05. The van der Waals surface area contributed by atoms with Crippen molar-refractivity contribution in [3.63, 3.8) is 0 Å². The van der Waals surface area contributed by atoms with Crippen molar-refractivity contribution in [3.05, 3.63) is 46.7 Å². The average molecular weight is 335 g/mol. The summed E-state index contributed by atoms with van der Waals surface area (Å²) in [6.45, 7) is 2.96. The van der Waals surface area contributed by atoms with Crippen molar-refractivity contribution in [1.29, 1.82) is 0 Å². The monoisotopic (exact) mass is 334 g/mol. The molecule has 0 aliphatic heterocycles. The first kappa shape index (κ1) is 17.2. The summed E-state index contributed by atoms with van der Waals surface area (Å²) in [6, 6.07) is 8.82. The maximum absolute atomic E-state index is 12.1. The number of aromatic nitrogens is 2. The first-order valence-electron chi connectivity index (χ1n) is 7.24. The van der Waals surface area contributed by atoms with Gasteiger partial charge in [0.25, 0.3) is 5.91 Å². The fourth-order valence-electron chi connectivity index (χ4n) is 1.91. The lowest BCUT2D eigenvalue weighted by atomic mass is 10.3. The molecule has 0 radical (unpaired) electrons. The molecule has 2 rings (SSSR count). The minimum Gasteiger partial charge on any atom is -0.385 e. The quantitative estimate of drug-likeness (QED) is 0.761. The molecule has 0 saturated carbocycles. The molecule has 0 spiro atoms. The number of nitrogens with zero attached hydrogens (tertiary/aromatic N) is 2. The molecule has 0 saturated heterocycles. The number of hydrogen-bond acceptors (Lipinski definition) is 5. The summed E-state index contributed by atoms with van der Waals surface area (Å²) in [5.41, 5.74) is 1.83. The van der Waals surface area contributed by atoms with E-state index in [9.17, 15) is 4.79 Å². The van der Waals surface area contributed by atoms with Gasteiger partial charge in [0, 0.05) is 36.7 Å². The molecule has 6 nitrogen and oxygen atoms in total. The van der Waals surface area contributed by atoms with Crippen LogP contribution in [0.3, 0.4) is 0 Å². The van der Waals surface area contributed by atoms with Crippen molar-refractivity contribution in [2.45, 2.75) is 13.3 Å². The van der Waals surface area contributed by atoms with Gasteiger partial charge in [-0.2, -0.15) is 0 Å². The number of nitrogens with one attached hydrogen (secondary N) is 2. The lowest BCUT2D eigenvalue weighted by molar-refractivity contribution is 0.0943. The molecular weight excluding hydrogens is 316 g/mol. The van der Waals surface area contributed by atoms with Gasteiger partial charge in [-0.05, 0) is 43.7 Å². The van der Waals surface area contributed by atoms with Gasteiger partial charge in [0.05, 0.1) is 0 Å². The van der Waals surface area contributed by atoms with Gasteiger partial charge in [-0.1, -0.05) is 11.6 Å². The third-order valence-electron chi connectivity index (χ3n) is 3.00. The zero-order valence-electron chi connectivity index (χ0n) is 13.1. The fraction of sp³-hybridized carbons (Fsp3) is 0.312. The topological polar surface area (TPSA) is 76.1 Å². The van der Waals surface area contributed by atoms with Crippen LogP contribution in [0.15, 0.2) is 30.3 Å². The smallest absolute Gasteiger partial charge is 0.270 e. The Kier molecular flexibility index (Phi) is 6.31. The standard InChI is InChI=1S/C16H19ClN4O2/c1-11-10-14(15(22)18-8-3-9-23-2)21-16(19-11)20-13-6-4-12(17)5-7-13/h4-7,10H,3,8-9H2,1-2H3,(H,18,22)(H,19,20,21). The van der Waals surface area contributed by atoms with Crippen molar-refractivity contribution < 1.29 is 9.53 Å². The largest absolute Gasteiger partial charge is 0.385 e. The van der Waals surface area contributed by atoms with Crippen LogP contribution in [0, 0.1) is 6.92 Å². The number of benzene rings is 1. The van der Waals surface area contributed by atoms with E-state index < -0.39 is 0 Å². The van der Waals surface area contributed by atoms with Gasteiger partial charge in [0.15, 0.2) is 0 Å². The van der Waals surface area contributed by atoms with Crippen LogP contribution in [0.1, 0.15) is 22.6 Å². The van der Waals surface area contributed by atoms with Crippen LogP contribution in [0.25, 0.3) is 0 Å². The van der Waals surface area contributed by atoms with Crippen molar-refractivity contribution in [2.24, 2.45) is 0 Å². The van der Waals surface area contributed by atoms with E-state index in [0.29, 0.717) is 35.5 Å². The molecule has 0 bridgehead atoms. The Morgan fingerprint density at radius 3 is 2.70 bits per heavy atom. The van der Waals surface area contributed by atoms with E-state index in [4.69, 9.17) is 16.3 Å². The molecule has 1 heterocycles. The number of carbonyl (C=O) groups is 1. The van der Waals surface area contributed by atoms with Crippen molar-refractivity contribution >= 4 is 29.1 Å². The second-order valence-corrected chi connectivity index (χ2v) is 5.39. The van der Waals surface area contributed by atoms with E-state index in [1.165, 1.54) is 0 Å². The summed E-state index contributed by atoms with van der Waals surface area (Å²) in [4.78, 5) is 20.7. The van der Waals surface area contributed by atoms with Gasteiger partial charge in [-0.3, -0.25) is 4.79 Å². The van der Waals surface area contributed by atoms with Crippen molar-refractivity contribution in [2.75, 3.05) is 25.6 Å². The Morgan fingerprint density at radius 2 is 2.00 bits per heavy atom. The number of ether oxygens (including phenoxy) is 1. The van der Waals surface area contributed by atoms with E-state index in [-0.39, 0.29) is 5.91 Å². The Bertz CT molecular complexity index is 662. The van der Waals surface area contributed by atoms with Crippen LogP contribution in [-0.2, 0) is 4.74 Å². The predicted octanol–water partition coefficient (Wildman–Crippen LogP) is 2.95. The van der Waals surface area contributed by atoms with Gasteiger partial charge in [0.1, 0.15) is 5.69 Å². The van der Waals surface area contributed by atoms with Crippen LogP contribution in [0.4, 0.5) is 11.6 Å². The number of aryl methyl sites for hydroxylation is 1. The summed E-state index contributed by atoms with van der Waals surface area (Å²) in [5.74, 6) is 0.139. The molecule has 23 heavy (non-hydrogen) atoms. The van der Waals surface area contributed by atoms with Crippen LogP contribution < -0.4 is 10.6 Å². The highest BCUT2D eigenvalue weighted by Crippen LogP contribution is 2.17. The number of rotatable bonds is 7. The zero-order chi connectivity index (χ0) is 16.7. The highest BCUT2D eigenvalue weighted by atomic mass is 35.5. The van der Waals surface area contributed by atoms with E-state index >= 15 is 0 Å². The van der Waals surface area contributed by atoms with Crippen LogP contribution in [-0.4, -0.2) is 36.1 Å². The molecule has 122 valence electrons. The third kappa shape index (κ3) is 5.50. The minimum absolute atomic E-state index is 0.231. The van der Waals surface area contributed by atoms with Gasteiger partial charge in [-0.15, -0.1) is 0 Å². The number of halogens is 1. The highest BCUT2D eigenvalue weighted by molar-refractivity contribution is 6.30. The summed E-state index contributed by atoms with van der Waals surface area (Å²) >= 11 is 5.86. The van der Waals surface area contributed by atoms with E-state index in [2.05, 4.69) is 20.6 Å². The Hall–Kier alpha value is -2.18. The Morgan fingerprint density at radius 1 is 1.26 bits per heavy atom. The zero-order valence-corrected chi connectivity index (χ0v) is 13.9. The minimum atomic E-state index is -0.231. The van der Waals surface area contributed by atoms with Crippen molar-refractivity contribution in [1.82, 2.24) is 15.3 Å². The molecule has 7 heteroatoms. The molecule has 2 aromatic rings. The molecule has 1 amide bonds. The average Bonchev–Trinajstić information content (AvgIpc) is 2.53. The third-order valence-corrected chi connectivity index (χ3v) is 3.25. The number of methoxy groups -OCH3 is 1. The van der Waals surface area contributed by atoms with Crippen LogP contribution in [0.2, 0.25) is 5.02 Å². The first-order chi connectivity index (χ1) is 11.1. The SMILES string of the molecule is COCCCNC(=O)c1cc(C)nc(Nc2ccc(Cl)cc2)n1. The van der Waals surface area contributed by atoms with Gasteiger partial charge in [0.2, 0.25) is 5.95 Å². The highest BCUT2D eigenvalue weighted by Gasteiger charge is 2.10. The lowest BCUT2D eigenvalue weighted by Gasteiger charge is -2.09. The summed E-state index contributed by atoms with van der Waals surface area (Å²) in [7, 11) is 1.63. The van der Waals surface area contributed by atoms with E-state index in [0.717, 1.165) is 12.1 Å². The van der Waals surface area contributed by atoms with E-state index in [1.54, 1.807) is 25.3 Å². The molecule has 0 atom stereocenters. The molecule has 0 unspecified atom stereocenters. The number of hydrogen-bond donors (Lipinski definition) is 2.